The van der Waals surface area contributed by atoms with Gasteiger partial charge in [0.25, 0.3) is 5.91 Å². The lowest BCUT2D eigenvalue weighted by molar-refractivity contribution is -0.139. The standard InChI is InChI=1S/C13H16N4O3/c1-8(2)7-9(13(19)20)16-12(18)10-11-15-4-6-17(11)5-3-14-10/h3-6,8-9H,7H2,1-2H3,(H,16,18)(H,19,20). The SMILES string of the molecule is CC(C)CC(NC(=O)c1nccn2ccnc12)C(=O)O. The van der Waals surface area contributed by atoms with Gasteiger partial charge in [-0.05, 0) is 12.3 Å². The summed E-state index contributed by atoms with van der Waals surface area (Å²) in [6.45, 7) is 3.80. The van der Waals surface area contributed by atoms with Crippen LogP contribution in [0.15, 0.2) is 24.8 Å². The number of carbonyl (C=O) groups is 2. The zero-order chi connectivity index (χ0) is 14.7. The lowest BCUT2D eigenvalue weighted by Crippen LogP contribution is -2.42. The molecule has 2 N–H and O–H groups in total. The molecule has 0 aliphatic rings. The van der Waals surface area contributed by atoms with E-state index >= 15 is 0 Å². The Morgan fingerprint density at radius 1 is 1.30 bits per heavy atom. The van der Waals surface area contributed by atoms with Crippen molar-refractivity contribution in [2.45, 2.75) is 26.3 Å². The zero-order valence-electron chi connectivity index (χ0n) is 11.3. The highest BCUT2D eigenvalue weighted by atomic mass is 16.4. The predicted molar refractivity (Wildman–Crippen MR) is 71.3 cm³/mol. The van der Waals surface area contributed by atoms with Gasteiger partial charge >= 0.3 is 5.97 Å². The number of hydrogen-bond acceptors (Lipinski definition) is 4. The van der Waals surface area contributed by atoms with Gasteiger partial charge in [0.1, 0.15) is 6.04 Å². The summed E-state index contributed by atoms with van der Waals surface area (Å²) in [7, 11) is 0. The molecule has 2 heterocycles. The fourth-order valence-electron chi connectivity index (χ4n) is 1.93. The Morgan fingerprint density at radius 2 is 1.95 bits per heavy atom. The second-order valence-corrected chi connectivity index (χ2v) is 4.93. The number of nitrogens with one attached hydrogen (secondary N) is 1. The van der Waals surface area contributed by atoms with Crippen molar-refractivity contribution in [3.63, 3.8) is 0 Å². The summed E-state index contributed by atoms with van der Waals surface area (Å²) >= 11 is 0. The van der Waals surface area contributed by atoms with E-state index in [1.807, 2.05) is 13.8 Å². The number of carboxylic acid groups (broad SMARTS) is 1. The molecule has 0 saturated carbocycles. The van der Waals surface area contributed by atoms with Gasteiger partial charge in [-0.2, -0.15) is 0 Å². The van der Waals surface area contributed by atoms with Crippen LogP contribution >= 0.6 is 0 Å². The van der Waals surface area contributed by atoms with Crippen molar-refractivity contribution < 1.29 is 14.7 Å². The Hall–Kier alpha value is -2.44. The van der Waals surface area contributed by atoms with Gasteiger partial charge in [0.15, 0.2) is 11.3 Å². The molecule has 2 aromatic heterocycles. The molecule has 2 aromatic rings. The summed E-state index contributed by atoms with van der Waals surface area (Å²) in [5, 5.41) is 11.6. The number of aliphatic carboxylic acids is 1. The van der Waals surface area contributed by atoms with Crippen LogP contribution in [0.3, 0.4) is 0 Å². The fraction of sp³-hybridized carbons (Fsp3) is 0.385. The monoisotopic (exact) mass is 276 g/mol. The minimum absolute atomic E-state index is 0.118. The molecule has 0 aliphatic heterocycles. The molecule has 0 aromatic carbocycles. The lowest BCUT2D eigenvalue weighted by Gasteiger charge is -2.16. The lowest BCUT2D eigenvalue weighted by atomic mass is 10.0. The topological polar surface area (TPSA) is 96.6 Å². The zero-order valence-corrected chi connectivity index (χ0v) is 11.3. The van der Waals surface area contributed by atoms with Gasteiger partial charge in [0.2, 0.25) is 0 Å². The minimum Gasteiger partial charge on any atom is -0.480 e. The van der Waals surface area contributed by atoms with Crippen molar-refractivity contribution in [2.24, 2.45) is 5.92 Å². The molecular formula is C13H16N4O3. The van der Waals surface area contributed by atoms with Gasteiger partial charge in [-0.3, -0.25) is 4.79 Å². The molecule has 0 bridgehead atoms. The van der Waals surface area contributed by atoms with E-state index < -0.39 is 17.9 Å². The molecule has 7 heteroatoms. The quantitative estimate of drug-likeness (QED) is 0.847. The second-order valence-electron chi connectivity index (χ2n) is 4.93. The first-order chi connectivity index (χ1) is 9.49. The predicted octanol–water partition coefficient (Wildman–Crippen LogP) is 0.958. The Bertz CT molecular complexity index is 635. The Balaban J connectivity index is 2.22. The highest BCUT2D eigenvalue weighted by Crippen LogP contribution is 2.08. The van der Waals surface area contributed by atoms with Crippen molar-refractivity contribution in [1.29, 1.82) is 0 Å². The molecule has 1 amide bonds. The smallest absolute Gasteiger partial charge is 0.326 e. The number of carboxylic acids is 1. The van der Waals surface area contributed by atoms with Gasteiger partial charge in [0, 0.05) is 24.8 Å². The van der Waals surface area contributed by atoms with E-state index in [0.29, 0.717) is 12.1 Å². The third-order valence-corrected chi connectivity index (χ3v) is 2.84. The van der Waals surface area contributed by atoms with Crippen LogP contribution in [0.1, 0.15) is 30.8 Å². The van der Waals surface area contributed by atoms with Gasteiger partial charge in [-0.1, -0.05) is 13.8 Å². The number of hydrogen-bond donors (Lipinski definition) is 2. The number of carbonyl (C=O) groups excluding carboxylic acids is 1. The van der Waals surface area contributed by atoms with Crippen LogP contribution in [0.2, 0.25) is 0 Å². The van der Waals surface area contributed by atoms with Crippen LogP contribution in [-0.2, 0) is 4.79 Å². The number of rotatable bonds is 5. The van der Waals surface area contributed by atoms with Crippen LogP contribution in [0.4, 0.5) is 0 Å². The van der Waals surface area contributed by atoms with Crippen molar-refractivity contribution in [3.8, 4) is 0 Å². The van der Waals surface area contributed by atoms with Crippen molar-refractivity contribution in [1.82, 2.24) is 19.7 Å². The summed E-state index contributed by atoms with van der Waals surface area (Å²) in [5.74, 6) is -1.43. The van der Waals surface area contributed by atoms with Gasteiger partial charge < -0.3 is 14.8 Å². The normalized spacial score (nSPS) is 12.6. The summed E-state index contributed by atoms with van der Waals surface area (Å²) < 4.78 is 1.65. The van der Waals surface area contributed by atoms with Crippen molar-refractivity contribution in [3.05, 3.63) is 30.5 Å². The van der Waals surface area contributed by atoms with E-state index in [9.17, 15) is 9.59 Å². The first-order valence-electron chi connectivity index (χ1n) is 6.30. The maximum Gasteiger partial charge on any atom is 0.326 e. The molecule has 0 saturated heterocycles. The maximum absolute atomic E-state index is 12.2. The van der Waals surface area contributed by atoms with Crippen molar-refractivity contribution >= 4 is 17.5 Å². The molecule has 0 aliphatic carbocycles. The molecule has 0 spiro atoms. The van der Waals surface area contributed by atoms with Crippen LogP contribution in [0, 0.1) is 5.92 Å². The molecule has 0 radical (unpaired) electrons. The highest BCUT2D eigenvalue weighted by Gasteiger charge is 2.23. The third-order valence-electron chi connectivity index (χ3n) is 2.84. The number of aromatic nitrogens is 3. The van der Waals surface area contributed by atoms with Gasteiger partial charge in [-0.25, -0.2) is 14.8 Å². The molecular weight excluding hydrogens is 260 g/mol. The number of amides is 1. The third kappa shape index (κ3) is 2.93. The Kier molecular flexibility index (Phi) is 3.97. The first kappa shape index (κ1) is 14.0. The van der Waals surface area contributed by atoms with E-state index in [0.717, 1.165) is 0 Å². The van der Waals surface area contributed by atoms with E-state index in [1.165, 1.54) is 6.20 Å². The number of fused-ring (bicyclic) bond motifs is 1. The summed E-state index contributed by atoms with van der Waals surface area (Å²) in [4.78, 5) is 31.3. The van der Waals surface area contributed by atoms with E-state index in [-0.39, 0.29) is 11.6 Å². The number of nitrogens with zero attached hydrogens (tertiary/aromatic N) is 3. The molecule has 20 heavy (non-hydrogen) atoms. The second kappa shape index (κ2) is 5.68. The number of imidazole rings is 1. The van der Waals surface area contributed by atoms with Crippen molar-refractivity contribution in [2.75, 3.05) is 0 Å². The molecule has 0 fully saturated rings. The molecule has 1 atom stereocenters. The average molecular weight is 276 g/mol. The summed E-state index contributed by atoms with van der Waals surface area (Å²) in [6.07, 6.45) is 6.75. The van der Waals surface area contributed by atoms with Crippen LogP contribution in [0.25, 0.3) is 5.65 Å². The molecule has 2 rings (SSSR count). The van der Waals surface area contributed by atoms with E-state index in [1.54, 1.807) is 23.0 Å². The van der Waals surface area contributed by atoms with Crippen LogP contribution in [0.5, 0.6) is 0 Å². The summed E-state index contributed by atoms with van der Waals surface area (Å²) in [6, 6.07) is -0.931. The van der Waals surface area contributed by atoms with Gasteiger partial charge in [-0.15, -0.1) is 0 Å². The largest absolute Gasteiger partial charge is 0.480 e. The van der Waals surface area contributed by atoms with Crippen LogP contribution in [-0.4, -0.2) is 37.4 Å². The summed E-state index contributed by atoms with van der Waals surface area (Å²) in [5.41, 5.74) is 0.520. The van der Waals surface area contributed by atoms with E-state index in [4.69, 9.17) is 5.11 Å². The molecule has 1 unspecified atom stereocenters. The highest BCUT2D eigenvalue weighted by molar-refractivity contribution is 5.99. The molecule has 106 valence electrons. The Morgan fingerprint density at radius 3 is 2.55 bits per heavy atom. The minimum atomic E-state index is -1.05. The first-order valence-corrected chi connectivity index (χ1v) is 6.30. The molecule has 7 nitrogen and oxygen atoms in total. The van der Waals surface area contributed by atoms with E-state index in [2.05, 4.69) is 15.3 Å². The van der Waals surface area contributed by atoms with Gasteiger partial charge in [0.05, 0.1) is 0 Å². The average Bonchev–Trinajstić information content (AvgIpc) is 2.84. The maximum atomic E-state index is 12.2. The van der Waals surface area contributed by atoms with Crippen LogP contribution < -0.4 is 5.32 Å². The Labute approximate surface area is 115 Å². The fourth-order valence-corrected chi connectivity index (χ4v) is 1.93.